The van der Waals surface area contributed by atoms with E-state index in [9.17, 15) is 0 Å². The number of hydrogen-bond acceptors (Lipinski definition) is 0. The summed E-state index contributed by atoms with van der Waals surface area (Å²) in [6.45, 7) is 5.93. The molecule has 0 amide bonds. The fourth-order valence-corrected chi connectivity index (χ4v) is 1.11. The monoisotopic (exact) mass is 112 g/mol. The van der Waals surface area contributed by atoms with Crippen LogP contribution < -0.4 is 0 Å². The van der Waals surface area contributed by atoms with Gasteiger partial charge < -0.3 is 0 Å². The molecule has 0 radical (unpaired) electrons. The molecule has 0 aromatic heterocycles. The van der Waals surface area contributed by atoms with Crippen LogP contribution in [0.25, 0.3) is 0 Å². The van der Waals surface area contributed by atoms with Crippen LogP contribution >= 0.6 is 0 Å². The van der Waals surface area contributed by atoms with Crippen molar-refractivity contribution in [2.45, 2.75) is 13.3 Å². The molecule has 0 aromatic carbocycles. The van der Waals surface area contributed by atoms with Gasteiger partial charge in [0, 0.05) is 0 Å². The Kier molecular flexibility index (Phi) is 2.00. The molecule has 9 heavy (non-hydrogen) atoms. The van der Waals surface area contributed by atoms with Crippen molar-refractivity contribution in [1.82, 2.24) is 0 Å². The molecular weight excluding hydrogens is 103 g/mol. The van der Waals surface area contributed by atoms with Crippen molar-refractivity contribution in [1.29, 1.82) is 0 Å². The molecule has 1 aliphatic carbocycles. The predicted molar refractivity (Wildman–Crippen MR) is 41.4 cm³/mol. The summed E-state index contributed by atoms with van der Waals surface area (Å²) in [6, 6.07) is 0. The van der Waals surface area contributed by atoms with E-state index >= 15 is 0 Å². The Morgan fingerprint density at radius 2 is 2.44 bits per heavy atom. The Bertz CT molecular complexity index is 197. The summed E-state index contributed by atoms with van der Waals surface area (Å²) in [5.41, 5.74) is 2.52. The number of hydrogen-bond donors (Lipinski definition) is 0. The van der Waals surface area contributed by atoms with Crippen molar-refractivity contribution < 1.29 is 0 Å². The molecule has 0 heterocycles. The first-order valence-electron chi connectivity index (χ1n) is 3.24. The summed E-state index contributed by atoms with van der Waals surface area (Å²) in [5.74, 6) is 0. The summed E-state index contributed by atoms with van der Waals surface area (Å²) in [4.78, 5) is 0. The average Bonchev–Trinajstić information content (AvgIpc) is 2.13. The fraction of sp³-hybridized carbons (Fsp3) is 0.250. The Morgan fingerprint density at radius 3 is 2.67 bits per heavy atom. The minimum absolute atomic E-state index is 1.11. The molecule has 0 atom stereocenters. The van der Waals surface area contributed by atoms with Crippen molar-refractivity contribution in [2.75, 3.05) is 0 Å². The molecule has 0 spiro atoms. The van der Waals surface area contributed by atoms with Crippen molar-refractivity contribution in [3.05, 3.63) is 34.1 Å². The molecule has 0 bridgehead atoms. The van der Waals surface area contributed by atoms with E-state index < -0.39 is 0 Å². The molecule has 0 N–H and O–H groups in total. The van der Waals surface area contributed by atoms with Gasteiger partial charge in [0.05, 0.1) is 0 Å². The van der Waals surface area contributed by atoms with Gasteiger partial charge in [0.1, 0.15) is 0 Å². The molecule has 0 fully saturated rings. The zero-order chi connectivity index (χ0) is 6.85. The van der Waals surface area contributed by atoms with Gasteiger partial charge in [-0.25, -0.2) is 0 Å². The van der Waals surface area contributed by atoms with E-state index in [0.29, 0.717) is 0 Å². The van der Waals surface area contributed by atoms with E-state index in [1.807, 2.05) is 0 Å². The molecule has 0 saturated carbocycles. The van der Waals surface area contributed by atoms with Crippen LogP contribution in [0.3, 0.4) is 0 Å². The van der Waals surface area contributed by atoms with Crippen LogP contribution in [0.4, 0.5) is 0 Å². The third-order valence-corrected chi connectivity index (χ3v) is 1.63. The van der Waals surface area contributed by atoms with E-state index in [-0.39, 0.29) is 0 Å². The van der Waals surface area contributed by atoms with Crippen molar-refractivity contribution in [2.24, 2.45) is 0 Å². The Balaban J connectivity index is 2.89. The molecule has 1 heteroatoms. The van der Waals surface area contributed by atoms with Crippen LogP contribution in [0.2, 0.25) is 0 Å². The average molecular weight is 112 g/mol. The molecule has 0 aromatic rings. The van der Waals surface area contributed by atoms with Crippen LogP contribution in [-0.2, 0) is 0 Å². The van der Waals surface area contributed by atoms with Crippen molar-refractivity contribution in [3.63, 3.8) is 0 Å². The Hall–Kier alpha value is -0.183. The summed E-state index contributed by atoms with van der Waals surface area (Å²) in [7, 11) is 0. The summed E-state index contributed by atoms with van der Waals surface area (Å²) >= 11 is 2.16. The molecule has 1 rings (SSSR count). The molecule has 0 aliphatic heterocycles. The molecule has 42 valence electrons. The second-order valence-corrected chi connectivity index (χ2v) is 2.58. The quantitative estimate of drug-likeness (QED) is 0.455. The third kappa shape index (κ3) is 1.39. The van der Waals surface area contributed by atoms with Crippen LogP contribution in [-0.4, -0.2) is 17.7 Å². The second kappa shape index (κ2) is 2.60. The molecule has 0 nitrogen and oxygen atoms in total. The SMILES string of the molecule is [Li][C]1=C(C(=C)C)C=CC1. The van der Waals surface area contributed by atoms with E-state index in [4.69, 9.17) is 0 Å². The van der Waals surface area contributed by atoms with E-state index in [1.54, 1.807) is 0 Å². The summed E-state index contributed by atoms with van der Waals surface area (Å²) in [5, 5.41) is 0. The fourth-order valence-electron chi connectivity index (χ4n) is 1.11. The van der Waals surface area contributed by atoms with Crippen LogP contribution in [0, 0.1) is 0 Å². The molecular formula is C8H9Li. The Morgan fingerprint density at radius 1 is 1.78 bits per heavy atom. The normalized spacial score (nSPS) is 17.2. The third-order valence-electron chi connectivity index (χ3n) is 1.63. The van der Waals surface area contributed by atoms with Gasteiger partial charge in [-0.05, 0) is 0 Å². The first kappa shape index (κ1) is 6.93. The van der Waals surface area contributed by atoms with Gasteiger partial charge in [0.15, 0.2) is 0 Å². The van der Waals surface area contributed by atoms with Crippen LogP contribution in [0.15, 0.2) is 34.1 Å². The zero-order valence-electron chi connectivity index (χ0n) is 6.07. The Labute approximate surface area is 65.5 Å². The summed E-state index contributed by atoms with van der Waals surface area (Å²) in [6.07, 6.45) is 5.44. The first-order chi connectivity index (χ1) is 4.22. The van der Waals surface area contributed by atoms with Crippen LogP contribution in [0.1, 0.15) is 13.3 Å². The van der Waals surface area contributed by atoms with Crippen LogP contribution in [0.5, 0.6) is 0 Å². The molecule has 0 saturated heterocycles. The predicted octanol–water partition coefficient (Wildman–Crippen LogP) is 1.95. The van der Waals surface area contributed by atoms with Crippen molar-refractivity contribution >= 4 is 17.7 Å². The number of allylic oxidation sites excluding steroid dienone is 5. The second-order valence-electron chi connectivity index (χ2n) is 2.58. The van der Waals surface area contributed by atoms with Gasteiger partial charge in [-0.1, -0.05) is 0 Å². The van der Waals surface area contributed by atoms with E-state index in [1.165, 1.54) is 15.4 Å². The van der Waals surface area contributed by atoms with Gasteiger partial charge in [0.25, 0.3) is 0 Å². The topological polar surface area (TPSA) is 0 Å². The van der Waals surface area contributed by atoms with Gasteiger partial charge >= 0.3 is 65.2 Å². The van der Waals surface area contributed by atoms with Gasteiger partial charge in [0.2, 0.25) is 0 Å². The standard InChI is InChI=1S/C8H9.Li/c1-7(2)8-5-3-4-6-8;/h3,5H,1,4H2,2H3;. The van der Waals surface area contributed by atoms with Gasteiger partial charge in [-0.15, -0.1) is 0 Å². The van der Waals surface area contributed by atoms with Gasteiger partial charge in [-0.3, -0.25) is 0 Å². The molecule has 1 aliphatic rings. The zero-order valence-corrected chi connectivity index (χ0v) is 6.07. The molecule has 0 unspecified atom stereocenters. The van der Waals surface area contributed by atoms with Gasteiger partial charge in [-0.2, -0.15) is 0 Å². The van der Waals surface area contributed by atoms with E-state index in [2.05, 4.69) is 43.4 Å². The maximum absolute atomic E-state index is 3.88. The first-order valence-corrected chi connectivity index (χ1v) is 3.24. The maximum atomic E-state index is 3.88. The van der Waals surface area contributed by atoms with E-state index in [0.717, 1.165) is 6.42 Å². The van der Waals surface area contributed by atoms with Crippen molar-refractivity contribution in [3.8, 4) is 0 Å². The minimum atomic E-state index is 1.11. The summed E-state index contributed by atoms with van der Waals surface area (Å²) < 4.78 is 1.45. The number of rotatable bonds is 1.